The highest BCUT2D eigenvalue weighted by Crippen LogP contribution is 2.26. The molecular formula is C18H23FN4O2. The smallest absolute Gasteiger partial charge is 0.272 e. The van der Waals surface area contributed by atoms with Gasteiger partial charge in [-0.25, -0.2) is 9.37 Å². The van der Waals surface area contributed by atoms with Gasteiger partial charge in [0.1, 0.15) is 5.69 Å². The number of amides is 1. The Labute approximate surface area is 146 Å². The summed E-state index contributed by atoms with van der Waals surface area (Å²) in [5, 5.41) is 6.87. The van der Waals surface area contributed by atoms with Crippen LogP contribution in [0, 0.1) is 5.82 Å². The Morgan fingerprint density at radius 3 is 3.04 bits per heavy atom. The number of nitrogens with one attached hydrogen (secondary N) is 1. The number of carbonyl (C=O) groups is 1. The van der Waals surface area contributed by atoms with Crippen LogP contribution in [0.2, 0.25) is 0 Å². The van der Waals surface area contributed by atoms with Gasteiger partial charge in [0.25, 0.3) is 5.91 Å². The van der Waals surface area contributed by atoms with Gasteiger partial charge in [-0.05, 0) is 31.7 Å². The summed E-state index contributed by atoms with van der Waals surface area (Å²) in [6.07, 6.45) is 6.35. The highest BCUT2D eigenvalue weighted by atomic mass is 19.1. The molecule has 1 fully saturated rings. The summed E-state index contributed by atoms with van der Waals surface area (Å²) in [7, 11) is 1.47. The molecule has 0 aromatic carbocycles. The first-order valence-electron chi connectivity index (χ1n) is 8.70. The topological polar surface area (TPSA) is 71.1 Å². The van der Waals surface area contributed by atoms with E-state index in [0.717, 1.165) is 44.8 Å². The summed E-state index contributed by atoms with van der Waals surface area (Å²) >= 11 is 0. The fraction of sp³-hybridized carbons (Fsp3) is 0.500. The quantitative estimate of drug-likeness (QED) is 0.900. The molecule has 2 aromatic heterocycles. The third-order valence-corrected chi connectivity index (χ3v) is 4.63. The van der Waals surface area contributed by atoms with Crippen molar-refractivity contribution in [1.82, 2.24) is 20.1 Å². The van der Waals surface area contributed by atoms with Crippen molar-refractivity contribution >= 4 is 5.91 Å². The minimum absolute atomic E-state index is 0.0710. The average Bonchev–Trinajstić information content (AvgIpc) is 3.12. The van der Waals surface area contributed by atoms with Crippen molar-refractivity contribution in [2.45, 2.75) is 45.1 Å². The number of hydrogen-bond acceptors (Lipinski definition) is 4. The first-order chi connectivity index (χ1) is 12.1. The number of aromatic amines is 1. The van der Waals surface area contributed by atoms with Crippen LogP contribution in [0.4, 0.5) is 4.39 Å². The first kappa shape index (κ1) is 17.4. The molecule has 6 nitrogen and oxygen atoms in total. The molecule has 1 unspecified atom stereocenters. The van der Waals surface area contributed by atoms with E-state index in [1.54, 1.807) is 6.07 Å². The van der Waals surface area contributed by atoms with Gasteiger partial charge in [0.15, 0.2) is 5.82 Å². The summed E-state index contributed by atoms with van der Waals surface area (Å²) in [5.74, 6) is -0.280. The second-order valence-electron chi connectivity index (χ2n) is 6.31. The molecule has 1 amide bonds. The zero-order valence-electron chi connectivity index (χ0n) is 14.6. The number of H-pyrrole nitrogens is 1. The van der Waals surface area contributed by atoms with E-state index in [2.05, 4.69) is 22.1 Å². The highest BCUT2D eigenvalue weighted by molar-refractivity contribution is 5.93. The van der Waals surface area contributed by atoms with Crippen LogP contribution in [0.3, 0.4) is 0 Å². The predicted molar refractivity (Wildman–Crippen MR) is 91.9 cm³/mol. The molecule has 0 aliphatic carbocycles. The van der Waals surface area contributed by atoms with Gasteiger partial charge in [0.05, 0.1) is 19.0 Å². The van der Waals surface area contributed by atoms with E-state index in [1.807, 2.05) is 4.90 Å². The third kappa shape index (κ3) is 3.65. The lowest BCUT2D eigenvalue weighted by atomic mass is 9.98. The van der Waals surface area contributed by atoms with E-state index < -0.39 is 5.82 Å². The van der Waals surface area contributed by atoms with Crippen LogP contribution in [0.25, 0.3) is 11.3 Å². The van der Waals surface area contributed by atoms with Gasteiger partial charge in [-0.1, -0.05) is 13.3 Å². The van der Waals surface area contributed by atoms with Crippen molar-refractivity contribution in [1.29, 1.82) is 0 Å². The third-order valence-electron chi connectivity index (χ3n) is 4.63. The van der Waals surface area contributed by atoms with Gasteiger partial charge in [0.2, 0.25) is 5.88 Å². The fourth-order valence-electron chi connectivity index (χ4n) is 3.35. The zero-order valence-corrected chi connectivity index (χ0v) is 14.6. The molecule has 0 spiro atoms. The van der Waals surface area contributed by atoms with Crippen molar-refractivity contribution in [2.24, 2.45) is 0 Å². The van der Waals surface area contributed by atoms with E-state index in [9.17, 15) is 9.18 Å². The van der Waals surface area contributed by atoms with Gasteiger partial charge in [-0.3, -0.25) is 9.89 Å². The number of likely N-dealkylation sites (tertiary alicyclic amines) is 1. The van der Waals surface area contributed by atoms with Crippen LogP contribution in [-0.4, -0.2) is 45.7 Å². The van der Waals surface area contributed by atoms with Crippen molar-refractivity contribution < 1.29 is 13.9 Å². The number of ether oxygens (including phenoxy) is 1. The molecule has 0 radical (unpaired) electrons. The van der Waals surface area contributed by atoms with Crippen molar-refractivity contribution in [3.05, 3.63) is 29.8 Å². The Kier molecular flexibility index (Phi) is 5.31. The lowest BCUT2D eigenvalue weighted by Gasteiger charge is -2.35. The van der Waals surface area contributed by atoms with Gasteiger partial charge in [-0.15, -0.1) is 0 Å². The van der Waals surface area contributed by atoms with Gasteiger partial charge < -0.3 is 9.64 Å². The number of pyridine rings is 1. The zero-order chi connectivity index (χ0) is 17.8. The number of nitrogens with zero attached hydrogens (tertiary/aromatic N) is 3. The minimum Gasteiger partial charge on any atom is -0.481 e. The number of methoxy groups -OCH3 is 1. The molecule has 1 aliphatic rings. The normalized spacial score (nSPS) is 17.6. The second kappa shape index (κ2) is 7.63. The van der Waals surface area contributed by atoms with E-state index >= 15 is 0 Å². The highest BCUT2D eigenvalue weighted by Gasteiger charge is 2.28. The largest absolute Gasteiger partial charge is 0.481 e. The Morgan fingerprint density at radius 1 is 1.44 bits per heavy atom. The lowest BCUT2D eigenvalue weighted by molar-refractivity contribution is 0.0594. The van der Waals surface area contributed by atoms with Crippen LogP contribution in [0.1, 0.15) is 49.5 Å². The predicted octanol–water partition coefficient (Wildman–Crippen LogP) is 3.41. The molecule has 7 heteroatoms. The molecular weight excluding hydrogens is 323 g/mol. The summed E-state index contributed by atoms with van der Waals surface area (Å²) in [4.78, 5) is 18.6. The summed E-state index contributed by atoms with van der Waals surface area (Å²) in [6.45, 7) is 2.89. The molecule has 0 saturated carbocycles. The van der Waals surface area contributed by atoms with Crippen molar-refractivity contribution in [3.63, 3.8) is 0 Å². The van der Waals surface area contributed by atoms with Crippen LogP contribution < -0.4 is 4.74 Å². The summed E-state index contributed by atoms with van der Waals surface area (Å²) in [5.41, 5.74) is 1.00. The Bertz CT molecular complexity index is 744. The monoisotopic (exact) mass is 346 g/mol. The lowest BCUT2D eigenvalue weighted by Crippen LogP contribution is -2.43. The second-order valence-corrected chi connectivity index (χ2v) is 6.31. The molecule has 2 aromatic rings. The van der Waals surface area contributed by atoms with E-state index in [0.29, 0.717) is 17.3 Å². The Hall–Kier alpha value is -2.44. The maximum atomic E-state index is 14.1. The summed E-state index contributed by atoms with van der Waals surface area (Å²) in [6, 6.07) is 3.34. The molecule has 25 heavy (non-hydrogen) atoms. The van der Waals surface area contributed by atoms with Crippen LogP contribution in [0.5, 0.6) is 5.88 Å². The molecule has 3 heterocycles. The fourth-order valence-corrected chi connectivity index (χ4v) is 3.35. The Morgan fingerprint density at radius 2 is 2.28 bits per heavy atom. The molecule has 1 saturated heterocycles. The molecule has 1 atom stereocenters. The molecule has 134 valence electrons. The van der Waals surface area contributed by atoms with Gasteiger partial charge >= 0.3 is 0 Å². The van der Waals surface area contributed by atoms with Crippen LogP contribution in [-0.2, 0) is 0 Å². The maximum Gasteiger partial charge on any atom is 0.272 e. The average molecular weight is 346 g/mol. The minimum atomic E-state index is -0.506. The molecule has 0 bridgehead atoms. The van der Waals surface area contributed by atoms with Gasteiger partial charge in [-0.2, -0.15) is 5.10 Å². The maximum absolute atomic E-state index is 14.1. The molecule has 1 N–H and O–H groups in total. The number of rotatable bonds is 5. The molecule has 3 rings (SSSR count). The molecule has 1 aliphatic heterocycles. The number of piperidine rings is 1. The SMILES string of the molecule is CCCC1CCCCN1C(=O)c1cc(-c2cc(OC)ncc2F)n[nH]1. The standard InChI is InChI=1S/C18H23FN4O2/c1-3-6-12-7-4-5-8-23(12)18(24)16-10-15(21-22-16)13-9-17(25-2)20-11-14(13)19/h9-12H,3-8H2,1-2H3,(H,21,22). The van der Waals surface area contributed by atoms with Crippen molar-refractivity contribution in [3.8, 4) is 17.1 Å². The number of carbonyl (C=O) groups excluding carboxylic acids is 1. The van der Waals surface area contributed by atoms with E-state index in [-0.39, 0.29) is 17.5 Å². The van der Waals surface area contributed by atoms with Crippen LogP contribution in [0.15, 0.2) is 18.3 Å². The number of aromatic nitrogens is 3. The number of halogens is 1. The van der Waals surface area contributed by atoms with E-state index in [1.165, 1.54) is 13.2 Å². The summed E-state index contributed by atoms with van der Waals surface area (Å²) < 4.78 is 19.1. The van der Waals surface area contributed by atoms with Crippen molar-refractivity contribution in [2.75, 3.05) is 13.7 Å². The van der Waals surface area contributed by atoms with Gasteiger partial charge in [0, 0.05) is 24.2 Å². The van der Waals surface area contributed by atoms with Crippen LogP contribution >= 0.6 is 0 Å². The van der Waals surface area contributed by atoms with E-state index in [4.69, 9.17) is 4.74 Å². The number of hydrogen-bond donors (Lipinski definition) is 1. The first-order valence-corrected chi connectivity index (χ1v) is 8.70. The Balaban J connectivity index is 1.84.